The molecule has 0 radical (unpaired) electrons. The van der Waals surface area contributed by atoms with Crippen LogP contribution in [0.4, 0.5) is 0 Å². The minimum Gasteiger partial charge on any atom is -0.347 e. The zero-order chi connectivity index (χ0) is 15.6. The zero-order valence-corrected chi connectivity index (χ0v) is 12.9. The molecule has 1 aliphatic heterocycles. The van der Waals surface area contributed by atoms with E-state index in [1.807, 2.05) is 11.9 Å². The Balaban J connectivity index is 2.12. The molecule has 0 saturated carbocycles. The lowest BCUT2D eigenvalue weighted by atomic mass is 10.1. The van der Waals surface area contributed by atoms with Crippen LogP contribution in [0.2, 0.25) is 0 Å². The fraction of sp³-hybridized carbons (Fsp3) is 0.571. The molecule has 2 rings (SSSR count). The van der Waals surface area contributed by atoms with E-state index in [-0.39, 0.29) is 17.9 Å². The number of carbonyl (C=O) groups is 2. The number of aryl methyl sites for hydroxylation is 1. The van der Waals surface area contributed by atoms with Gasteiger partial charge in [-0.2, -0.15) is 0 Å². The number of hydrogen-bond donors (Lipinski definition) is 0. The molecule has 1 aliphatic rings. The predicted octanol–water partition coefficient (Wildman–Crippen LogP) is -0.371. The highest BCUT2D eigenvalue weighted by molar-refractivity contribution is 5.94. The van der Waals surface area contributed by atoms with Crippen LogP contribution in [0, 0.1) is 6.92 Å². The molecule has 7 nitrogen and oxygen atoms in total. The molecule has 1 atom stereocenters. The Kier molecular flexibility index (Phi) is 4.52. The lowest BCUT2D eigenvalue weighted by Gasteiger charge is -2.39. The molecular weight excluding hydrogens is 270 g/mol. The van der Waals surface area contributed by atoms with Crippen LogP contribution in [0.1, 0.15) is 16.2 Å². The molecule has 1 fully saturated rings. The molecule has 0 spiro atoms. The van der Waals surface area contributed by atoms with Crippen molar-refractivity contribution in [2.75, 3.05) is 40.8 Å². The summed E-state index contributed by atoms with van der Waals surface area (Å²) in [7, 11) is 5.36. The topological polar surface area (TPSA) is 69.6 Å². The third kappa shape index (κ3) is 3.36. The molecule has 2 heterocycles. The number of rotatable bonds is 2. The number of piperazine rings is 1. The Morgan fingerprint density at radius 1 is 1.24 bits per heavy atom. The van der Waals surface area contributed by atoms with Gasteiger partial charge in [-0.1, -0.05) is 0 Å². The fourth-order valence-corrected chi connectivity index (χ4v) is 2.31. The number of hydrogen-bond acceptors (Lipinski definition) is 5. The summed E-state index contributed by atoms with van der Waals surface area (Å²) in [6, 6.07) is -0.302. The van der Waals surface area contributed by atoms with E-state index in [4.69, 9.17) is 0 Å². The average molecular weight is 291 g/mol. The van der Waals surface area contributed by atoms with Crippen LogP contribution in [0.5, 0.6) is 0 Å². The molecule has 0 N–H and O–H groups in total. The van der Waals surface area contributed by atoms with Crippen molar-refractivity contribution in [2.24, 2.45) is 0 Å². The Labute approximate surface area is 124 Å². The minimum atomic E-state index is -0.302. The molecule has 21 heavy (non-hydrogen) atoms. The lowest BCUT2D eigenvalue weighted by molar-refractivity contribution is -0.135. The quantitative estimate of drug-likeness (QED) is 0.743. The van der Waals surface area contributed by atoms with Crippen molar-refractivity contribution >= 4 is 11.8 Å². The minimum absolute atomic E-state index is 0.00940. The Morgan fingerprint density at radius 3 is 2.43 bits per heavy atom. The third-order valence-electron chi connectivity index (χ3n) is 3.69. The summed E-state index contributed by atoms with van der Waals surface area (Å²) < 4.78 is 0. The summed E-state index contributed by atoms with van der Waals surface area (Å²) in [6.07, 6.45) is 3.07. The normalized spacial score (nSPS) is 19.4. The second-order valence-electron chi connectivity index (χ2n) is 5.50. The predicted molar refractivity (Wildman–Crippen MR) is 77.8 cm³/mol. The molecule has 0 aliphatic carbocycles. The van der Waals surface area contributed by atoms with E-state index in [9.17, 15) is 9.59 Å². The zero-order valence-electron chi connectivity index (χ0n) is 12.9. The molecule has 0 bridgehead atoms. The average Bonchev–Trinajstić information content (AvgIpc) is 2.47. The number of nitrogens with zero attached hydrogens (tertiary/aromatic N) is 5. The second kappa shape index (κ2) is 6.17. The van der Waals surface area contributed by atoms with Gasteiger partial charge < -0.3 is 9.80 Å². The third-order valence-corrected chi connectivity index (χ3v) is 3.69. The first-order chi connectivity index (χ1) is 9.90. The van der Waals surface area contributed by atoms with E-state index >= 15 is 0 Å². The standard InChI is InChI=1S/C14H21N5O2/c1-10-15-7-11(8-16-10)13(20)19-6-5-18(4)12(9-19)14(21)17(2)3/h7-8,12H,5-6,9H2,1-4H3. The number of carbonyl (C=O) groups excluding carboxylic acids is 2. The molecule has 2 amide bonds. The van der Waals surface area contributed by atoms with Gasteiger partial charge in [0.25, 0.3) is 5.91 Å². The van der Waals surface area contributed by atoms with Crippen LogP contribution < -0.4 is 0 Å². The summed E-state index contributed by atoms with van der Waals surface area (Å²) in [5, 5.41) is 0. The molecule has 114 valence electrons. The van der Waals surface area contributed by atoms with Gasteiger partial charge in [-0.15, -0.1) is 0 Å². The molecule has 1 saturated heterocycles. The molecular formula is C14H21N5O2. The largest absolute Gasteiger partial charge is 0.347 e. The highest BCUT2D eigenvalue weighted by Gasteiger charge is 2.33. The Hall–Kier alpha value is -2.02. The highest BCUT2D eigenvalue weighted by atomic mass is 16.2. The van der Waals surface area contributed by atoms with Crippen LogP contribution in [-0.4, -0.2) is 83.3 Å². The van der Waals surface area contributed by atoms with Crippen LogP contribution in [-0.2, 0) is 4.79 Å². The van der Waals surface area contributed by atoms with E-state index in [1.165, 1.54) is 12.4 Å². The van der Waals surface area contributed by atoms with Crippen LogP contribution in [0.25, 0.3) is 0 Å². The number of aromatic nitrogens is 2. The summed E-state index contributed by atoms with van der Waals surface area (Å²) in [6.45, 7) is 3.43. The van der Waals surface area contributed by atoms with Gasteiger partial charge in [-0.05, 0) is 14.0 Å². The Bertz CT molecular complexity index is 529. The van der Waals surface area contributed by atoms with Gasteiger partial charge in [-0.3, -0.25) is 14.5 Å². The molecule has 1 aromatic heterocycles. The monoisotopic (exact) mass is 291 g/mol. The van der Waals surface area contributed by atoms with Crippen molar-refractivity contribution in [3.05, 3.63) is 23.8 Å². The Morgan fingerprint density at radius 2 is 1.86 bits per heavy atom. The SMILES string of the molecule is Cc1ncc(C(=O)N2CCN(C)C(C(=O)N(C)C)C2)cn1. The van der Waals surface area contributed by atoms with Gasteiger partial charge in [0, 0.05) is 46.1 Å². The first-order valence-electron chi connectivity index (χ1n) is 6.89. The second-order valence-corrected chi connectivity index (χ2v) is 5.50. The van der Waals surface area contributed by atoms with E-state index in [2.05, 4.69) is 9.97 Å². The summed E-state index contributed by atoms with van der Waals surface area (Å²) in [5.74, 6) is 0.514. The van der Waals surface area contributed by atoms with E-state index in [1.54, 1.807) is 30.8 Å². The van der Waals surface area contributed by atoms with Gasteiger partial charge in [-0.25, -0.2) is 9.97 Å². The van der Waals surface area contributed by atoms with Crippen molar-refractivity contribution in [3.8, 4) is 0 Å². The lowest BCUT2D eigenvalue weighted by Crippen LogP contribution is -2.58. The van der Waals surface area contributed by atoms with Crippen LogP contribution in [0.15, 0.2) is 12.4 Å². The summed E-state index contributed by atoms with van der Waals surface area (Å²) in [5.41, 5.74) is 0.459. The van der Waals surface area contributed by atoms with Gasteiger partial charge >= 0.3 is 0 Å². The maximum Gasteiger partial charge on any atom is 0.257 e. The summed E-state index contributed by atoms with van der Waals surface area (Å²) >= 11 is 0. The molecule has 1 unspecified atom stereocenters. The maximum absolute atomic E-state index is 12.5. The van der Waals surface area contributed by atoms with Crippen LogP contribution >= 0.6 is 0 Å². The van der Waals surface area contributed by atoms with Crippen molar-refractivity contribution in [2.45, 2.75) is 13.0 Å². The smallest absolute Gasteiger partial charge is 0.257 e. The van der Waals surface area contributed by atoms with Crippen molar-refractivity contribution in [1.82, 2.24) is 24.7 Å². The van der Waals surface area contributed by atoms with E-state index < -0.39 is 0 Å². The summed E-state index contributed by atoms with van der Waals surface area (Å²) in [4.78, 5) is 38.0. The van der Waals surface area contributed by atoms with Gasteiger partial charge in [0.2, 0.25) is 5.91 Å². The van der Waals surface area contributed by atoms with E-state index in [0.717, 1.165) is 0 Å². The fourth-order valence-electron chi connectivity index (χ4n) is 2.31. The highest BCUT2D eigenvalue weighted by Crippen LogP contribution is 2.13. The van der Waals surface area contributed by atoms with Gasteiger partial charge in [0.1, 0.15) is 11.9 Å². The maximum atomic E-state index is 12.5. The number of likely N-dealkylation sites (N-methyl/N-ethyl adjacent to an activating group) is 2. The molecule has 0 aromatic carbocycles. The van der Waals surface area contributed by atoms with Crippen LogP contribution in [0.3, 0.4) is 0 Å². The molecule has 7 heteroatoms. The number of amides is 2. The van der Waals surface area contributed by atoms with E-state index in [0.29, 0.717) is 31.0 Å². The van der Waals surface area contributed by atoms with Crippen molar-refractivity contribution in [1.29, 1.82) is 0 Å². The molecule has 1 aromatic rings. The van der Waals surface area contributed by atoms with Crippen molar-refractivity contribution in [3.63, 3.8) is 0 Å². The van der Waals surface area contributed by atoms with Gasteiger partial charge in [0.05, 0.1) is 5.56 Å². The van der Waals surface area contributed by atoms with Gasteiger partial charge in [0.15, 0.2) is 0 Å². The van der Waals surface area contributed by atoms with Crippen molar-refractivity contribution < 1.29 is 9.59 Å². The first kappa shape index (κ1) is 15.4. The first-order valence-corrected chi connectivity index (χ1v) is 6.89.